The molecule has 0 aromatic carbocycles. The Balaban J connectivity index is 5.08. The normalized spacial score (nSPS) is 10.2. The van der Waals surface area contributed by atoms with Crippen LogP contribution in [0.2, 0.25) is 0 Å². The van der Waals surface area contributed by atoms with E-state index in [2.05, 4.69) is 18.9 Å². The topological polar surface area (TPSA) is 105 Å². The molecule has 0 heterocycles. The van der Waals surface area contributed by atoms with Crippen LogP contribution in [0.15, 0.2) is 0 Å². The minimum Gasteiger partial charge on any atom is -0.453 e. The van der Waals surface area contributed by atoms with Gasteiger partial charge in [-0.3, -0.25) is 19.2 Å². The quantitative estimate of drug-likeness (QED) is 0.499. The Bertz CT molecular complexity index is 318. The van der Waals surface area contributed by atoms with Gasteiger partial charge in [-0.25, -0.2) is 0 Å². The minimum atomic E-state index is -2.39. The fourth-order valence-corrected chi connectivity index (χ4v) is 0.998. The van der Waals surface area contributed by atoms with Crippen LogP contribution in [0.25, 0.3) is 0 Å². The zero-order valence-corrected chi connectivity index (χ0v) is 10.5. The molecule has 0 aliphatic carbocycles. The SMILES string of the molecule is CC(=O)OCC(OC(C)=O)(OC(C)=O)OC(C)=O. The van der Waals surface area contributed by atoms with E-state index in [-0.39, 0.29) is 0 Å². The monoisotopic (exact) mass is 262 g/mol. The molecular formula is C10H14O8. The van der Waals surface area contributed by atoms with Crippen molar-refractivity contribution >= 4 is 23.9 Å². The minimum absolute atomic E-state index is 0.731. The van der Waals surface area contributed by atoms with E-state index in [4.69, 9.17) is 0 Å². The van der Waals surface area contributed by atoms with Crippen molar-refractivity contribution in [2.75, 3.05) is 6.61 Å². The van der Waals surface area contributed by atoms with Crippen LogP contribution in [-0.2, 0) is 38.1 Å². The first-order chi connectivity index (χ1) is 8.17. The van der Waals surface area contributed by atoms with Gasteiger partial charge < -0.3 is 18.9 Å². The molecule has 8 heteroatoms. The molecule has 8 nitrogen and oxygen atoms in total. The smallest absolute Gasteiger partial charge is 0.453 e. The molecule has 0 unspecified atom stereocenters. The van der Waals surface area contributed by atoms with Crippen molar-refractivity contribution in [1.82, 2.24) is 0 Å². The Morgan fingerprint density at radius 1 is 0.722 bits per heavy atom. The van der Waals surface area contributed by atoms with Gasteiger partial charge in [0, 0.05) is 27.7 Å². The third-order valence-electron chi connectivity index (χ3n) is 1.35. The summed E-state index contributed by atoms with van der Waals surface area (Å²) >= 11 is 0. The van der Waals surface area contributed by atoms with Crippen LogP contribution in [0.4, 0.5) is 0 Å². The molecule has 0 atom stereocenters. The molecule has 0 saturated carbocycles. The van der Waals surface area contributed by atoms with E-state index in [1.807, 2.05) is 0 Å². The molecule has 0 rings (SSSR count). The largest absolute Gasteiger partial charge is 0.460 e. The Kier molecular flexibility index (Phi) is 5.80. The highest BCUT2D eigenvalue weighted by Gasteiger charge is 2.43. The van der Waals surface area contributed by atoms with Crippen LogP contribution < -0.4 is 0 Å². The molecule has 0 N–H and O–H groups in total. The van der Waals surface area contributed by atoms with Crippen LogP contribution in [-0.4, -0.2) is 36.5 Å². The number of hydrogen-bond donors (Lipinski definition) is 0. The molecule has 0 saturated heterocycles. The van der Waals surface area contributed by atoms with Crippen LogP contribution in [0.3, 0.4) is 0 Å². The molecule has 18 heavy (non-hydrogen) atoms. The molecule has 0 amide bonds. The predicted octanol–water partition coefficient (Wildman–Crippen LogP) is -0.107. The summed E-state index contributed by atoms with van der Waals surface area (Å²) in [5, 5.41) is 0. The van der Waals surface area contributed by atoms with Crippen LogP contribution >= 0.6 is 0 Å². The maximum Gasteiger partial charge on any atom is 0.460 e. The third kappa shape index (κ3) is 6.46. The second kappa shape index (κ2) is 6.58. The van der Waals surface area contributed by atoms with Gasteiger partial charge in [0.05, 0.1) is 0 Å². The van der Waals surface area contributed by atoms with Crippen molar-refractivity contribution in [1.29, 1.82) is 0 Å². The first-order valence-corrected chi connectivity index (χ1v) is 4.89. The molecule has 0 aromatic rings. The van der Waals surface area contributed by atoms with E-state index < -0.39 is 36.5 Å². The number of carbonyl (C=O) groups is 4. The van der Waals surface area contributed by atoms with Gasteiger partial charge in [-0.15, -0.1) is 0 Å². The van der Waals surface area contributed by atoms with E-state index in [9.17, 15) is 19.2 Å². The van der Waals surface area contributed by atoms with Crippen molar-refractivity contribution < 1.29 is 38.1 Å². The summed E-state index contributed by atoms with van der Waals surface area (Å²) in [4.78, 5) is 43.5. The third-order valence-corrected chi connectivity index (χ3v) is 1.35. The summed E-state index contributed by atoms with van der Waals surface area (Å²) in [6.45, 7) is 3.36. The molecule has 102 valence electrons. The predicted molar refractivity (Wildman–Crippen MR) is 54.7 cm³/mol. The first kappa shape index (κ1) is 15.9. The maximum absolute atomic E-state index is 10.9. The van der Waals surface area contributed by atoms with Gasteiger partial charge in [0.15, 0.2) is 0 Å². The lowest BCUT2D eigenvalue weighted by molar-refractivity contribution is -0.340. The second-order valence-electron chi connectivity index (χ2n) is 3.24. The van der Waals surface area contributed by atoms with Gasteiger partial charge in [-0.2, -0.15) is 0 Å². The highest BCUT2D eigenvalue weighted by Crippen LogP contribution is 2.18. The zero-order chi connectivity index (χ0) is 14.3. The maximum atomic E-state index is 10.9. The van der Waals surface area contributed by atoms with Crippen LogP contribution in [0.1, 0.15) is 27.7 Å². The van der Waals surface area contributed by atoms with Crippen molar-refractivity contribution in [3.63, 3.8) is 0 Å². The lowest BCUT2D eigenvalue weighted by atomic mass is 10.5. The second-order valence-corrected chi connectivity index (χ2v) is 3.24. The fraction of sp³-hybridized carbons (Fsp3) is 0.600. The molecule has 0 fully saturated rings. The van der Waals surface area contributed by atoms with E-state index >= 15 is 0 Å². The standard InChI is InChI=1S/C10H14O8/c1-6(11)15-5-10(16-7(2)12,17-8(3)13)18-9(4)14/h5H2,1-4H3. The van der Waals surface area contributed by atoms with Crippen molar-refractivity contribution in [3.8, 4) is 0 Å². The van der Waals surface area contributed by atoms with Gasteiger partial charge in [-0.05, 0) is 0 Å². The lowest BCUT2D eigenvalue weighted by Gasteiger charge is -2.29. The Morgan fingerprint density at radius 3 is 1.28 bits per heavy atom. The molecule has 0 bridgehead atoms. The summed E-state index contributed by atoms with van der Waals surface area (Å²) in [6.07, 6.45) is 0. The highest BCUT2D eigenvalue weighted by atomic mass is 16.9. The van der Waals surface area contributed by atoms with Gasteiger partial charge in [-0.1, -0.05) is 0 Å². The van der Waals surface area contributed by atoms with Crippen LogP contribution in [0.5, 0.6) is 0 Å². The summed E-state index contributed by atoms with van der Waals surface area (Å²) in [7, 11) is 0. The number of rotatable bonds is 5. The molecule has 0 aromatic heterocycles. The van der Waals surface area contributed by atoms with E-state index in [0.717, 1.165) is 27.7 Å². The average molecular weight is 262 g/mol. The Hall–Kier alpha value is -2.12. The number of esters is 4. The number of hydrogen-bond acceptors (Lipinski definition) is 8. The fourth-order valence-electron chi connectivity index (χ4n) is 0.998. The zero-order valence-electron chi connectivity index (χ0n) is 10.5. The van der Waals surface area contributed by atoms with Gasteiger partial charge in [0.1, 0.15) is 0 Å². The van der Waals surface area contributed by atoms with Crippen molar-refractivity contribution in [3.05, 3.63) is 0 Å². The molecule has 0 spiro atoms. The van der Waals surface area contributed by atoms with E-state index in [0.29, 0.717) is 0 Å². The van der Waals surface area contributed by atoms with Gasteiger partial charge in [0.25, 0.3) is 0 Å². The summed E-state index contributed by atoms with van der Waals surface area (Å²) < 4.78 is 18.4. The average Bonchev–Trinajstić information content (AvgIpc) is 2.11. The number of carbonyl (C=O) groups excluding carboxylic acids is 4. The van der Waals surface area contributed by atoms with Gasteiger partial charge in [0.2, 0.25) is 6.61 Å². The van der Waals surface area contributed by atoms with Gasteiger partial charge >= 0.3 is 29.9 Å². The van der Waals surface area contributed by atoms with E-state index in [1.54, 1.807) is 0 Å². The number of ether oxygens (including phenoxy) is 4. The lowest BCUT2D eigenvalue weighted by Crippen LogP contribution is -2.47. The summed E-state index contributed by atoms with van der Waals surface area (Å²) in [5.41, 5.74) is 0. The molecule has 0 aliphatic heterocycles. The summed E-state index contributed by atoms with van der Waals surface area (Å²) in [6, 6.07) is 0. The van der Waals surface area contributed by atoms with Crippen molar-refractivity contribution in [2.24, 2.45) is 0 Å². The Labute approximate surface area is 103 Å². The summed E-state index contributed by atoms with van der Waals surface area (Å²) in [5.74, 6) is -5.78. The van der Waals surface area contributed by atoms with E-state index in [1.165, 1.54) is 0 Å². The van der Waals surface area contributed by atoms with Crippen molar-refractivity contribution in [2.45, 2.75) is 33.7 Å². The molecule has 0 aliphatic rings. The molecular weight excluding hydrogens is 248 g/mol. The Morgan fingerprint density at radius 2 is 1.06 bits per heavy atom. The molecule has 0 radical (unpaired) electrons. The van der Waals surface area contributed by atoms with Crippen LogP contribution in [0, 0.1) is 0 Å². The first-order valence-electron chi connectivity index (χ1n) is 4.89. The highest BCUT2D eigenvalue weighted by molar-refractivity contribution is 5.71.